The second-order valence-electron chi connectivity index (χ2n) is 5.09. The lowest BCUT2D eigenvalue weighted by Crippen LogP contribution is -2.24. The van der Waals surface area contributed by atoms with Crippen LogP contribution in [0.15, 0.2) is 48.8 Å². The van der Waals surface area contributed by atoms with Gasteiger partial charge in [0.2, 0.25) is 5.91 Å². The van der Waals surface area contributed by atoms with Gasteiger partial charge in [-0.15, -0.1) is 0 Å². The summed E-state index contributed by atoms with van der Waals surface area (Å²) in [7, 11) is 0. The Balaban J connectivity index is 1.70. The maximum atomic E-state index is 12.1. The second-order valence-corrected chi connectivity index (χ2v) is 5.09. The summed E-state index contributed by atoms with van der Waals surface area (Å²) >= 11 is 0. The molecule has 0 radical (unpaired) electrons. The monoisotopic (exact) mass is 279 g/mol. The molecule has 3 rings (SSSR count). The highest BCUT2D eigenvalue weighted by atomic mass is 16.1. The number of aromatic nitrogens is 2. The zero-order valence-electron chi connectivity index (χ0n) is 11.9. The van der Waals surface area contributed by atoms with Crippen LogP contribution in [0.1, 0.15) is 16.8 Å². The van der Waals surface area contributed by atoms with Crippen LogP contribution < -0.4 is 5.32 Å². The number of carbonyl (C=O) groups is 1. The highest BCUT2D eigenvalue weighted by Gasteiger charge is 2.11. The van der Waals surface area contributed by atoms with Gasteiger partial charge in [-0.1, -0.05) is 24.3 Å². The summed E-state index contributed by atoms with van der Waals surface area (Å²) < 4.78 is 0. The van der Waals surface area contributed by atoms with Crippen molar-refractivity contribution in [2.24, 2.45) is 0 Å². The Labute approximate surface area is 123 Å². The van der Waals surface area contributed by atoms with Gasteiger partial charge in [0.15, 0.2) is 0 Å². The predicted molar refractivity (Wildman–Crippen MR) is 82.8 cm³/mol. The number of hydrogen-bond donors (Lipinski definition) is 2. The fraction of sp³-hybridized carbons (Fsp3) is 0.176. The predicted octanol–water partition coefficient (Wildman–Crippen LogP) is 2.73. The smallest absolute Gasteiger partial charge is 0.224 e. The number of carbonyl (C=O) groups excluding carboxylic acids is 1. The SMILES string of the molecule is Cc1[nH]c2ccccc2c1CC(=O)NCc1cccnc1. The van der Waals surface area contributed by atoms with Gasteiger partial charge < -0.3 is 10.3 Å². The van der Waals surface area contributed by atoms with Crippen molar-refractivity contribution in [3.05, 3.63) is 65.6 Å². The lowest BCUT2D eigenvalue weighted by Gasteiger charge is -2.05. The minimum atomic E-state index is 0.0201. The first-order chi connectivity index (χ1) is 10.2. The van der Waals surface area contributed by atoms with Crippen LogP contribution in [-0.4, -0.2) is 15.9 Å². The molecule has 0 spiro atoms. The molecule has 106 valence electrons. The van der Waals surface area contributed by atoms with E-state index in [1.165, 1.54) is 0 Å². The summed E-state index contributed by atoms with van der Waals surface area (Å²) in [6.07, 6.45) is 3.87. The van der Waals surface area contributed by atoms with Crippen molar-refractivity contribution in [3.63, 3.8) is 0 Å². The molecule has 0 aliphatic carbocycles. The molecule has 3 aromatic rings. The van der Waals surface area contributed by atoms with Crippen molar-refractivity contribution in [2.45, 2.75) is 19.9 Å². The Hall–Kier alpha value is -2.62. The van der Waals surface area contributed by atoms with E-state index in [0.29, 0.717) is 13.0 Å². The van der Waals surface area contributed by atoms with Crippen LogP contribution in [0, 0.1) is 6.92 Å². The van der Waals surface area contributed by atoms with Crippen molar-refractivity contribution < 1.29 is 4.79 Å². The molecule has 1 amide bonds. The van der Waals surface area contributed by atoms with Gasteiger partial charge in [-0.25, -0.2) is 0 Å². The highest BCUT2D eigenvalue weighted by Crippen LogP contribution is 2.22. The normalized spacial score (nSPS) is 10.7. The Kier molecular flexibility index (Phi) is 3.69. The third-order valence-corrected chi connectivity index (χ3v) is 3.58. The molecule has 0 unspecified atom stereocenters. The molecule has 21 heavy (non-hydrogen) atoms. The van der Waals surface area contributed by atoms with E-state index in [2.05, 4.69) is 15.3 Å². The summed E-state index contributed by atoms with van der Waals surface area (Å²) in [5.41, 5.74) is 4.19. The van der Waals surface area contributed by atoms with Crippen LogP contribution in [0.25, 0.3) is 10.9 Å². The molecule has 0 aliphatic rings. The number of H-pyrrole nitrogens is 1. The van der Waals surface area contributed by atoms with E-state index in [1.54, 1.807) is 12.4 Å². The van der Waals surface area contributed by atoms with Crippen LogP contribution in [-0.2, 0) is 17.8 Å². The Bertz CT molecular complexity index is 762. The topological polar surface area (TPSA) is 57.8 Å². The molecular weight excluding hydrogens is 262 g/mol. The standard InChI is InChI=1S/C17H17N3O/c1-12-15(14-6-2-3-7-16(14)20-12)9-17(21)19-11-13-5-4-8-18-10-13/h2-8,10,20H,9,11H2,1H3,(H,19,21). The molecule has 4 nitrogen and oxygen atoms in total. The number of pyridine rings is 1. The van der Waals surface area contributed by atoms with E-state index in [0.717, 1.165) is 27.7 Å². The van der Waals surface area contributed by atoms with E-state index < -0.39 is 0 Å². The van der Waals surface area contributed by atoms with Crippen LogP contribution in [0.3, 0.4) is 0 Å². The van der Waals surface area contributed by atoms with Gasteiger partial charge in [0, 0.05) is 35.5 Å². The molecule has 0 saturated heterocycles. The summed E-state index contributed by atoms with van der Waals surface area (Å²) in [6.45, 7) is 2.51. The van der Waals surface area contributed by atoms with Gasteiger partial charge in [-0.2, -0.15) is 0 Å². The summed E-state index contributed by atoms with van der Waals surface area (Å²) in [5.74, 6) is 0.0201. The number of aryl methyl sites for hydroxylation is 1. The number of hydrogen-bond acceptors (Lipinski definition) is 2. The van der Waals surface area contributed by atoms with Crippen molar-refractivity contribution in [1.82, 2.24) is 15.3 Å². The first-order valence-corrected chi connectivity index (χ1v) is 6.96. The maximum absolute atomic E-state index is 12.1. The van der Waals surface area contributed by atoms with Crippen molar-refractivity contribution in [3.8, 4) is 0 Å². The van der Waals surface area contributed by atoms with Gasteiger partial charge in [0.1, 0.15) is 0 Å². The van der Waals surface area contributed by atoms with Crippen LogP contribution in [0.2, 0.25) is 0 Å². The first kappa shape index (κ1) is 13.4. The number of rotatable bonds is 4. The number of amides is 1. The minimum Gasteiger partial charge on any atom is -0.358 e. The maximum Gasteiger partial charge on any atom is 0.224 e. The lowest BCUT2D eigenvalue weighted by molar-refractivity contribution is -0.120. The van der Waals surface area contributed by atoms with E-state index in [4.69, 9.17) is 0 Å². The largest absolute Gasteiger partial charge is 0.358 e. The van der Waals surface area contributed by atoms with Crippen LogP contribution >= 0.6 is 0 Å². The number of benzene rings is 1. The third kappa shape index (κ3) is 2.94. The van der Waals surface area contributed by atoms with E-state index in [1.807, 2.05) is 43.3 Å². The number of nitrogens with one attached hydrogen (secondary N) is 2. The Morgan fingerprint density at radius 1 is 1.24 bits per heavy atom. The second kappa shape index (κ2) is 5.79. The average molecular weight is 279 g/mol. The van der Waals surface area contributed by atoms with Crippen molar-refractivity contribution in [2.75, 3.05) is 0 Å². The molecule has 0 fully saturated rings. The molecule has 4 heteroatoms. The highest BCUT2D eigenvalue weighted by molar-refractivity contribution is 5.90. The first-order valence-electron chi connectivity index (χ1n) is 6.96. The summed E-state index contributed by atoms with van der Waals surface area (Å²) in [4.78, 5) is 19.5. The van der Waals surface area contributed by atoms with Gasteiger partial charge >= 0.3 is 0 Å². The van der Waals surface area contributed by atoms with Crippen LogP contribution in [0.5, 0.6) is 0 Å². The molecule has 2 aromatic heterocycles. The zero-order valence-corrected chi connectivity index (χ0v) is 11.9. The molecule has 0 saturated carbocycles. The van der Waals surface area contributed by atoms with Gasteiger partial charge in [0.25, 0.3) is 0 Å². The number of aromatic amines is 1. The molecule has 2 N–H and O–H groups in total. The van der Waals surface area contributed by atoms with Crippen molar-refractivity contribution >= 4 is 16.8 Å². The molecule has 2 heterocycles. The minimum absolute atomic E-state index is 0.0201. The molecule has 0 bridgehead atoms. The summed E-state index contributed by atoms with van der Waals surface area (Å²) in [6, 6.07) is 11.9. The van der Waals surface area contributed by atoms with Crippen molar-refractivity contribution in [1.29, 1.82) is 0 Å². The quantitative estimate of drug-likeness (QED) is 0.771. The number of fused-ring (bicyclic) bond motifs is 1. The zero-order chi connectivity index (χ0) is 14.7. The molecular formula is C17H17N3O. The number of nitrogens with zero attached hydrogens (tertiary/aromatic N) is 1. The van der Waals surface area contributed by atoms with Gasteiger partial charge in [-0.05, 0) is 30.2 Å². The average Bonchev–Trinajstić information content (AvgIpc) is 2.82. The summed E-state index contributed by atoms with van der Waals surface area (Å²) in [5, 5.41) is 4.05. The molecule has 0 aliphatic heterocycles. The fourth-order valence-electron chi connectivity index (χ4n) is 2.49. The third-order valence-electron chi connectivity index (χ3n) is 3.58. The van der Waals surface area contributed by atoms with E-state index >= 15 is 0 Å². The van der Waals surface area contributed by atoms with Crippen LogP contribution in [0.4, 0.5) is 0 Å². The molecule has 1 aromatic carbocycles. The Morgan fingerprint density at radius 2 is 2.10 bits per heavy atom. The fourth-order valence-corrected chi connectivity index (χ4v) is 2.49. The molecule has 0 atom stereocenters. The van der Waals surface area contributed by atoms with Gasteiger partial charge in [0.05, 0.1) is 6.42 Å². The van der Waals surface area contributed by atoms with E-state index in [-0.39, 0.29) is 5.91 Å². The number of para-hydroxylation sites is 1. The van der Waals surface area contributed by atoms with Gasteiger partial charge in [-0.3, -0.25) is 9.78 Å². The Morgan fingerprint density at radius 3 is 2.90 bits per heavy atom. The lowest BCUT2D eigenvalue weighted by atomic mass is 10.1. The van der Waals surface area contributed by atoms with E-state index in [9.17, 15) is 4.79 Å².